The second-order valence-electron chi connectivity index (χ2n) is 1.93. The molecule has 0 aliphatic carbocycles. The monoisotopic (exact) mass is 212 g/mol. The van der Waals surface area contributed by atoms with Crippen LogP contribution in [0.5, 0.6) is 0 Å². The molecule has 11 heavy (non-hydrogen) atoms. The fourth-order valence-electron chi connectivity index (χ4n) is 0.726. The predicted octanol–water partition coefficient (Wildman–Crippen LogP) is 1.78. The molecule has 5 heteroatoms. The lowest BCUT2D eigenvalue weighted by atomic mass is 10.6. The third-order valence-corrected chi connectivity index (χ3v) is 2.68. The van der Waals surface area contributed by atoms with Crippen molar-refractivity contribution in [2.75, 3.05) is 7.05 Å². The molecular weight excluding hydrogens is 203 g/mol. The molecule has 0 spiro atoms. The first-order valence-electron chi connectivity index (χ1n) is 2.91. The van der Waals surface area contributed by atoms with Crippen LogP contribution in [0.2, 0.25) is 0 Å². The number of hydrogen-bond acceptors (Lipinski definition) is 2. The Morgan fingerprint density at radius 3 is 2.64 bits per heavy atom. The number of hydrogen-bond donors (Lipinski definition) is 0. The molecule has 0 aliphatic rings. The molecule has 1 heterocycles. The first kappa shape index (κ1) is 11.0. The van der Waals surface area contributed by atoms with Gasteiger partial charge >= 0.3 is 0 Å². The molecule has 0 aromatic carbocycles. The van der Waals surface area contributed by atoms with Crippen molar-refractivity contribution in [1.82, 2.24) is 4.57 Å². The molecule has 2 nitrogen and oxygen atoms in total. The molecule has 64 valence electrons. The van der Waals surface area contributed by atoms with E-state index in [9.17, 15) is 0 Å². The van der Waals surface area contributed by atoms with Gasteiger partial charge in [0, 0.05) is 25.2 Å². The van der Waals surface area contributed by atoms with Gasteiger partial charge in [0.1, 0.15) is 0 Å². The highest BCUT2D eigenvalue weighted by molar-refractivity contribution is 7.07. The summed E-state index contributed by atoms with van der Waals surface area (Å²) in [7, 11) is 3.75. The van der Waals surface area contributed by atoms with E-state index in [2.05, 4.69) is 4.99 Å². The normalized spacial score (nSPS) is 11.4. The van der Waals surface area contributed by atoms with Crippen LogP contribution < -0.4 is 4.80 Å². The summed E-state index contributed by atoms with van der Waals surface area (Å²) in [6.07, 6.45) is 0. The summed E-state index contributed by atoms with van der Waals surface area (Å²) in [5.41, 5.74) is 1.12. The zero-order chi connectivity index (χ0) is 7.56. The standard InChI is InChI=1S/C6H9ClN2S.ClH/c1-8-6-9(2)5(3-7)4-10-6;/h4H,3H2,1-2H3;1H. The highest BCUT2D eigenvalue weighted by atomic mass is 35.5. The van der Waals surface area contributed by atoms with Crippen molar-refractivity contribution in [3.05, 3.63) is 15.9 Å². The van der Waals surface area contributed by atoms with Gasteiger partial charge in [-0.05, 0) is 0 Å². The lowest BCUT2D eigenvalue weighted by Gasteiger charge is -1.94. The molecule has 1 aromatic rings. The van der Waals surface area contributed by atoms with E-state index in [-0.39, 0.29) is 12.4 Å². The van der Waals surface area contributed by atoms with Crippen LogP contribution in [0.15, 0.2) is 10.4 Å². The summed E-state index contributed by atoms with van der Waals surface area (Å²) in [5, 5.41) is 2.02. The average Bonchev–Trinajstić information content (AvgIpc) is 2.30. The molecule has 0 N–H and O–H groups in total. The van der Waals surface area contributed by atoms with Crippen LogP contribution in [0.3, 0.4) is 0 Å². The number of aromatic nitrogens is 1. The van der Waals surface area contributed by atoms with Gasteiger partial charge in [-0.1, -0.05) is 0 Å². The van der Waals surface area contributed by atoms with E-state index in [1.165, 1.54) is 0 Å². The predicted molar refractivity (Wildman–Crippen MR) is 51.6 cm³/mol. The lowest BCUT2D eigenvalue weighted by Crippen LogP contribution is -2.11. The van der Waals surface area contributed by atoms with E-state index in [4.69, 9.17) is 11.6 Å². The first-order valence-corrected chi connectivity index (χ1v) is 4.33. The highest BCUT2D eigenvalue weighted by Crippen LogP contribution is 2.02. The number of alkyl halides is 1. The van der Waals surface area contributed by atoms with Gasteiger partial charge in [-0.25, -0.2) is 0 Å². The zero-order valence-corrected chi connectivity index (χ0v) is 8.76. The number of halogens is 2. The van der Waals surface area contributed by atoms with Crippen molar-refractivity contribution in [2.45, 2.75) is 5.88 Å². The van der Waals surface area contributed by atoms with Gasteiger partial charge in [-0.3, -0.25) is 4.99 Å². The molecule has 1 rings (SSSR count). The first-order chi connectivity index (χ1) is 4.79. The van der Waals surface area contributed by atoms with Crippen LogP contribution in [0.25, 0.3) is 0 Å². The molecule has 0 atom stereocenters. The summed E-state index contributed by atoms with van der Waals surface area (Å²) < 4.78 is 2.00. The second kappa shape index (κ2) is 4.80. The van der Waals surface area contributed by atoms with Gasteiger partial charge in [-0.2, -0.15) is 0 Å². The fourth-order valence-corrected chi connectivity index (χ4v) is 1.94. The molecule has 0 radical (unpaired) electrons. The minimum absolute atomic E-state index is 0. The molecular formula is C6H10Cl2N2S. The van der Waals surface area contributed by atoms with Crippen molar-refractivity contribution in [1.29, 1.82) is 0 Å². The average molecular weight is 213 g/mol. The van der Waals surface area contributed by atoms with Crippen LogP contribution >= 0.6 is 35.3 Å². The van der Waals surface area contributed by atoms with Gasteiger partial charge in [0.05, 0.1) is 5.88 Å². The maximum absolute atomic E-state index is 5.65. The summed E-state index contributed by atoms with van der Waals surface area (Å²) in [4.78, 5) is 5.07. The molecule has 0 saturated carbocycles. The largest absolute Gasteiger partial charge is 0.323 e. The van der Waals surface area contributed by atoms with Crippen LogP contribution in [0, 0.1) is 0 Å². The van der Waals surface area contributed by atoms with Crippen molar-refractivity contribution in [3.8, 4) is 0 Å². The molecule has 0 amide bonds. The van der Waals surface area contributed by atoms with Crippen LogP contribution in [0.1, 0.15) is 5.69 Å². The van der Waals surface area contributed by atoms with Gasteiger partial charge in [0.15, 0.2) is 4.80 Å². The van der Waals surface area contributed by atoms with E-state index < -0.39 is 0 Å². The van der Waals surface area contributed by atoms with E-state index >= 15 is 0 Å². The van der Waals surface area contributed by atoms with Crippen LogP contribution in [-0.2, 0) is 12.9 Å². The van der Waals surface area contributed by atoms with Crippen LogP contribution in [0.4, 0.5) is 0 Å². The minimum atomic E-state index is 0. The second-order valence-corrected chi connectivity index (χ2v) is 3.03. The maximum atomic E-state index is 5.65. The fraction of sp³-hybridized carbons (Fsp3) is 0.500. The minimum Gasteiger partial charge on any atom is -0.323 e. The Kier molecular flexibility index (Phi) is 4.81. The van der Waals surface area contributed by atoms with Crippen molar-refractivity contribution in [2.24, 2.45) is 12.0 Å². The summed E-state index contributed by atoms with van der Waals surface area (Å²) in [6.45, 7) is 0. The number of nitrogens with zero attached hydrogens (tertiary/aromatic N) is 2. The Hall–Kier alpha value is 0.01000. The molecule has 0 bridgehead atoms. The Balaban J connectivity index is 0.000001000. The Morgan fingerprint density at radius 1 is 1.73 bits per heavy atom. The van der Waals surface area contributed by atoms with E-state index in [1.807, 2.05) is 17.0 Å². The highest BCUT2D eigenvalue weighted by Gasteiger charge is 1.96. The smallest absolute Gasteiger partial charge is 0.184 e. The Bertz CT molecular complexity index is 276. The van der Waals surface area contributed by atoms with E-state index in [1.54, 1.807) is 18.4 Å². The Morgan fingerprint density at radius 2 is 2.36 bits per heavy atom. The molecule has 0 aliphatic heterocycles. The topological polar surface area (TPSA) is 17.3 Å². The third-order valence-electron chi connectivity index (χ3n) is 1.35. The van der Waals surface area contributed by atoms with Crippen LogP contribution in [-0.4, -0.2) is 11.6 Å². The Labute approximate surface area is 80.9 Å². The van der Waals surface area contributed by atoms with Crippen molar-refractivity contribution >= 4 is 35.3 Å². The molecule has 0 unspecified atom stereocenters. The van der Waals surface area contributed by atoms with E-state index in [0.29, 0.717) is 5.88 Å². The van der Waals surface area contributed by atoms with Gasteiger partial charge < -0.3 is 4.57 Å². The van der Waals surface area contributed by atoms with E-state index in [0.717, 1.165) is 10.5 Å². The van der Waals surface area contributed by atoms with Crippen molar-refractivity contribution in [3.63, 3.8) is 0 Å². The summed E-state index contributed by atoms with van der Waals surface area (Å²) in [5.74, 6) is 0.558. The maximum Gasteiger partial charge on any atom is 0.184 e. The van der Waals surface area contributed by atoms with Crippen molar-refractivity contribution < 1.29 is 0 Å². The third kappa shape index (κ3) is 2.22. The SMILES string of the molecule is CN=c1scc(CCl)n1C.Cl. The van der Waals surface area contributed by atoms with Gasteiger partial charge in [-0.15, -0.1) is 35.3 Å². The lowest BCUT2D eigenvalue weighted by molar-refractivity contribution is 0.822. The molecule has 0 fully saturated rings. The van der Waals surface area contributed by atoms with Gasteiger partial charge in [0.2, 0.25) is 0 Å². The number of thiazole rings is 1. The van der Waals surface area contributed by atoms with Gasteiger partial charge in [0.25, 0.3) is 0 Å². The molecule has 0 saturated heterocycles. The number of rotatable bonds is 1. The quantitative estimate of drug-likeness (QED) is 0.632. The summed E-state index contributed by atoms with van der Waals surface area (Å²) >= 11 is 7.26. The summed E-state index contributed by atoms with van der Waals surface area (Å²) in [6, 6.07) is 0. The molecule has 1 aromatic heterocycles. The zero-order valence-electron chi connectivity index (χ0n) is 6.37.